The third kappa shape index (κ3) is 2.61. The minimum absolute atomic E-state index is 0.791. The Morgan fingerprint density at radius 3 is 2.59 bits per heavy atom. The fourth-order valence-corrected chi connectivity index (χ4v) is 1.78. The van der Waals surface area contributed by atoms with Gasteiger partial charge in [-0.25, -0.2) is 9.97 Å². The Morgan fingerprint density at radius 1 is 1.12 bits per heavy atom. The van der Waals surface area contributed by atoms with Gasteiger partial charge in [0.05, 0.1) is 0 Å². The van der Waals surface area contributed by atoms with Crippen LogP contribution in [0.2, 0.25) is 0 Å². The molecule has 1 heterocycles. The van der Waals surface area contributed by atoms with E-state index >= 15 is 0 Å². The Kier molecular flexibility index (Phi) is 3.38. The second kappa shape index (κ2) is 4.95. The van der Waals surface area contributed by atoms with Gasteiger partial charge >= 0.3 is 0 Å². The second-order valence-electron chi connectivity index (χ2n) is 4.06. The van der Waals surface area contributed by atoms with Crippen LogP contribution in [0.3, 0.4) is 0 Å². The summed E-state index contributed by atoms with van der Waals surface area (Å²) < 4.78 is 0. The molecule has 2 aromatic rings. The Labute approximate surface area is 102 Å². The largest absolute Gasteiger partial charge is 0.370 e. The van der Waals surface area contributed by atoms with Gasteiger partial charge in [0.25, 0.3) is 0 Å². The molecular formula is C14H17N3. The Balaban J connectivity index is 2.48. The molecule has 0 saturated heterocycles. The van der Waals surface area contributed by atoms with Crippen LogP contribution in [0.15, 0.2) is 30.3 Å². The van der Waals surface area contributed by atoms with Gasteiger partial charge in [-0.1, -0.05) is 24.3 Å². The molecular weight excluding hydrogens is 210 g/mol. The first kappa shape index (κ1) is 11.6. The van der Waals surface area contributed by atoms with E-state index in [1.165, 1.54) is 5.56 Å². The summed E-state index contributed by atoms with van der Waals surface area (Å²) in [5.74, 6) is 1.68. The third-order valence-corrected chi connectivity index (χ3v) is 2.60. The number of hydrogen-bond donors (Lipinski definition) is 1. The summed E-state index contributed by atoms with van der Waals surface area (Å²) in [7, 11) is 0. The van der Waals surface area contributed by atoms with Crippen LogP contribution in [-0.4, -0.2) is 16.5 Å². The molecule has 0 spiro atoms. The van der Waals surface area contributed by atoms with Crippen LogP contribution in [0.1, 0.15) is 18.2 Å². The molecule has 3 heteroatoms. The standard InChI is InChI=1S/C14H17N3/c1-4-15-13-9-11(3)16-14(17-13)12-8-6-5-7-10(12)2/h5-9H,4H2,1-3H3,(H,15,16,17). The zero-order valence-electron chi connectivity index (χ0n) is 10.5. The molecule has 0 unspecified atom stereocenters. The number of nitrogens with zero attached hydrogens (tertiary/aromatic N) is 2. The highest BCUT2D eigenvalue weighted by atomic mass is 15.0. The summed E-state index contributed by atoms with van der Waals surface area (Å²) >= 11 is 0. The van der Waals surface area contributed by atoms with Crippen molar-refractivity contribution in [3.63, 3.8) is 0 Å². The average molecular weight is 227 g/mol. The minimum atomic E-state index is 0.791. The summed E-state index contributed by atoms with van der Waals surface area (Å²) in [4.78, 5) is 9.03. The molecule has 0 radical (unpaired) electrons. The average Bonchev–Trinajstić information content (AvgIpc) is 2.29. The zero-order chi connectivity index (χ0) is 12.3. The second-order valence-corrected chi connectivity index (χ2v) is 4.06. The van der Waals surface area contributed by atoms with Crippen LogP contribution in [-0.2, 0) is 0 Å². The number of hydrogen-bond acceptors (Lipinski definition) is 3. The van der Waals surface area contributed by atoms with Crippen molar-refractivity contribution in [3.8, 4) is 11.4 Å². The van der Waals surface area contributed by atoms with Gasteiger partial charge in [0.2, 0.25) is 0 Å². The van der Waals surface area contributed by atoms with E-state index in [0.29, 0.717) is 0 Å². The summed E-state index contributed by atoms with van der Waals surface area (Å²) in [6.07, 6.45) is 0. The van der Waals surface area contributed by atoms with Gasteiger partial charge < -0.3 is 5.32 Å². The smallest absolute Gasteiger partial charge is 0.162 e. The summed E-state index contributed by atoms with van der Waals surface area (Å²) in [6, 6.07) is 10.1. The third-order valence-electron chi connectivity index (χ3n) is 2.60. The Hall–Kier alpha value is -1.90. The van der Waals surface area contributed by atoms with Crippen molar-refractivity contribution in [2.45, 2.75) is 20.8 Å². The number of nitrogens with one attached hydrogen (secondary N) is 1. The van der Waals surface area contributed by atoms with Gasteiger partial charge in [0, 0.05) is 23.9 Å². The lowest BCUT2D eigenvalue weighted by atomic mass is 10.1. The first-order chi connectivity index (χ1) is 8.20. The van der Waals surface area contributed by atoms with Crippen LogP contribution >= 0.6 is 0 Å². The summed E-state index contributed by atoms with van der Waals surface area (Å²) in [5, 5.41) is 3.23. The maximum absolute atomic E-state index is 4.53. The highest BCUT2D eigenvalue weighted by Gasteiger charge is 2.06. The fourth-order valence-electron chi connectivity index (χ4n) is 1.78. The molecule has 88 valence electrons. The molecule has 0 aliphatic rings. The Morgan fingerprint density at radius 2 is 1.88 bits per heavy atom. The summed E-state index contributed by atoms with van der Waals surface area (Å²) in [6.45, 7) is 6.99. The van der Waals surface area contributed by atoms with Crippen molar-refractivity contribution >= 4 is 5.82 Å². The monoisotopic (exact) mass is 227 g/mol. The molecule has 0 aliphatic heterocycles. The molecule has 0 saturated carbocycles. The topological polar surface area (TPSA) is 37.8 Å². The molecule has 0 amide bonds. The maximum atomic E-state index is 4.53. The molecule has 17 heavy (non-hydrogen) atoms. The number of anilines is 1. The lowest BCUT2D eigenvalue weighted by molar-refractivity contribution is 1.08. The first-order valence-electron chi connectivity index (χ1n) is 5.86. The van der Waals surface area contributed by atoms with Crippen molar-refractivity contribution in [2.24, 2.45) is 0 Å². The van der Waals surface area contributed by atoms with Crippen LogP contribution < -0.4 is 5.32 Å². The van der Waals surface area contributed by atoms with E-state index < -0.39 is 0 Å². The Bertz CT molecular complexity index is 521. The van der Waals surface area contributed by atoms with Gasteiger partial charge in [-0.2, -0.15) is 0 Å². The van der Waals surface area contributed by atoms with Gasteiger partial charge in [-0.05, 0) is 26.3 Å². The van der Waals surface area contributed by atoms with Gasteiger partial charge in [0.1, 0.15) is 5.82 Å². The van der Waals surface area contributed by atoms with Crippen LogP contribution in [0.5, 0.6) is 0 Å². The van der Waals surface area contributed by atoms with Crippen molar-refractivity contribution in [1.29, 1.82) is 0 Å². The zero-order valence-corrected chi connectivity index (χ0v) is 10.5. The fraction of sp³-hybridized carbons (Fsp3) is 0.286. The van der Waals surface area contributed by atoms with E-state index in [4.69, 9.17) is 0 Å². The van der Waals surface area contributed by atoms with Gasteiger partial charge in [0.15, 0.2) is 5.82 Å². The van der Waals surface area contributed by atoms with Crippen LogP contribution in [0, 0.1) is 13.8 Å². The van der Waals surface area contributed by atoms with E-state index in [1.54, 1.807) is 0 Å². The molecule has 3 nitrogen and oxygen atoms in total. The van der Waals surface area contributed by atoms with Gasteiger partial charge in [-0.15, -0.1) is 0 Å². The molecule has 0 aliphatic carbocycles. The van der Waals surface area contributed by atoms with Crippen molar-refractivity contribution in [2.75, 3.05) is 11.9 Å². The lowest BCUT2D eigenvalue weighted by Crippen LogP contribution is -2.03. The van der Waals surface area contributed by atoms with Crippen molar-refractivity contribution in [1.82, 2.24) is 9.97 Å². The molecule has 0 atom stereocenters. The molecule has 1 aromatic carbocycles. The minimum Gasteiger partial charge on any atom is -0.370 e. The number of aromatic nitrogens is 2. The SMILES string of the molecule is CCNc1cc(C)nc(-c2ccccc2C)n1. The molecule has 0 fully saturated rings. The molecule has 1 N–H and O–H groups in total. The van der Waals surface area contributed by atoms with Crippen molar-refractivity contribution < 1.29 is 0 Å². The first-order valence-corrected chi connectivity index (χ1v) is 5.86. The van der Waals surface area contributed by atoms with E-state index in [-0.39, 0.29) is 0 Å². The van der Waals surface area contributed by atoms with Crippen LogP contribution in [0.25, 0.3) is 11.4 Å². The maximum Gasteiger partial charge on any atom is 0.162 e. The molecule has 0 bridgehead atoms. The number of aryl methyl sites for hydroxylation is 2. The molecule has 1 aromatic heterocycles. The number of rotatable bonds is 3. The summed E-state index contributed by atoms with van der Waals surface area (Å²) in [5.41, 5.74) is 3.27. The van der Waals surface area contributed by atoms with Crippen molar-refractivity contribution in [3.05, 3.63) is 41.6 Å². The van der Waals surface area contributed by atoms with Gasteiger partial charge in [-0.3, -0.25) is 0 Å². The van der Waals surface area contributed by atoms with Crippen LogP contribution in [0.4, 0.5) is 5.82 Å². The quantitative estimate of drug-likeness (QED) is 0.875. The van der Waals surface area contributed by atoms with E-state index in [2.05, 4.69) is 41.3 Å². The number of benzene rings is 1. The predicted octanol–water partition coefficient (Wildman–Crippen LogP) is 3.19. The van der Waals surface area contributed by atoms with E-state index in [9.17, 15) is 0 Å². The highest BCUT2D eigenvalue weighted by Crippen LogP contribution is 2.21. The lowest BCUT2D eigenvalue weighted by Gasteiger charge is -2.08. The highest BCUT2D eigenvalue weighted by molar-refractivity contribution is 5.61. The van der Waals surface area contributed by atoms with E-state index in [0.717, 1.165) is 29.4 Å². The van der Waals surface area contributed by atoms with E-state index in [1.807, 2.05) is 25.1 Å². The normalized spacial score (nSPS) is 10.3. The molecule has 2 rings (SSSR count). The predicted molar refractivity (Wildman–Crippen MR) is 71.1 cm³/mol.